The Kier molecular flexibility index (Phi) is 5.55. The second-order valence-corrected chi connectivity index (χ2v) is 7.16. The lowest BCUT2D eigenvalue weighted by Gasteiger charge is -2.19. The molecule has 1 aliphatic heterocycles. The van der Waals surface area contributed by atoms with Crippen LogP contribution in [-0.4, -0.2) is 33.1 Å². The summed E-state index contributed by atoms with van der Waals surface area (Å²) in [5, 5.41) is 7.99. The molecule has 0 aliphatic carbocycles. The van der Waals surface area contributed by atoms with Crippen LogP contribution in [0.15, 0.2) is 29.2 Å². The van der Waals surface area contributed by atoms with Gasteiger partial charge in [-0.15, -0.1) is 0 Å². The Morgan fingerprint density at radius 1 is 1.41 bits per heavy atom. The van der Waals surface area contributed by atoms with Gasteiger partial charge in [-0.2, -0.15) is 0 Å². The van der Waals surface area contributed by atoms with Crippen molar-refractivity contribution in [2.24, 2.45) is 5.14 Å². The average Bonchev–Trinajstić information content (AvgIpc) is 2.99. The maximum atomic E-state index is 11.9. The van der Waals surface area contributed by atoms with Crippen molar-refractivity contribution in [3.63, 3.8) is 0 Å². The van der Waals surface area contributed by atoms with E-state index >= 15 is 0 Å². The number of hydrogen-bond donors (Lipinski definition) is 2. The molecule has 0 radical (unpaired) electrons. The van der Waals surface area contributed by atoms with Gasteiger partial charge in [0.1, 0.15) is 0 Å². The first-order valence-corrected chi connectivity index (χ1v) is 8.93. The molecular formula is C15H22N2O4S. The molecule has 22 heavy (non-hydrogen) atoms. The summed E-state index contributed by atoms with van der Waals surface area (Å²) in [5.41, 5.74) is 0.896. The molecule has 6 nitrogen and oxygen atoms in total. The Bertz CT molecular complexity index is 607. The number of nitrogens with one attached hydrogen (secondary N) is 1. The maximum absolute atomic E-state index is 11.9. The number of aryl methyl sites for hydroxylation is 1. The summed E-state index contributed by atoms with van der Waals surface area (Å²) in [6.45, 7) is 2.72. The standard InChI is InChI=1S/C15H22N2O4S/c1-11(14-3-2-10-21-14)17-15(18)9-6-12-4-7-13(8-5-12)22(16,19)20/h4-5,7-8,11,14H,2-3,6,9-10H2,1H3,(H,17,18)(H2,16,19,20)/t11-,14+/m0/s1. The summed E-state index contributed by atoms with van der Waals surface area (Å²) in [7, 11) is -3.67. The molecule has 0 saturated carbocycles. The lowest BCUT2D eigenvalue weighted by Crippen LogP contribution is -2.40. The number of sulfonamides is 1. The molecule has 1 aliphatic rings. The normalized spacial score (nSPS) is 19.8. The minimum absolute atomic E-state index is 0.0137. The van der Waals surface area contributed by atoms with Crippen LogP contribution in [0.2, 0.25) is 0 Å². The van der Waals surface area contributed by atoms with Gasteiger partial charge in [0.15, 0.2) is 0 Å². The first-order valence-electron chi connectivity index (χ1n) is 7.39. The number of hydrogen-bond acceptors (Lipinski definition) is 4. The van der Waals surface area contributed by atoms with Crippen LogP contribution in [0.1, 0.15) is 31.7 Å². The lowest BCUT2D eigenvalue weighted by molar-refractivity contribution is -0.122. The molecule has 3 N–H and O–H groups in total. The van der Waals surface area contributed by atoms with Crippen molar-refractivity contribution < 1.29 is 17.9 Å². The number of rotatable bonds is 6. The van der Waals surface area contributed by atoms with E-state index in [1.54, 1.807) is 12.1 Å². The van der Waals surface area contributed by atoms with Crippen molar-refractivity contribution in [3.8, 4) is 0 Å². The Balaban J connectivity index is 1.80. The van der Waals surface area contributed by atoms with Crippen molar-refractivity contribution in [3.05, 3.63) is 29.8 Å². The summed E-state index contributed by atoms with van der Waals surface area (Å²) in [6.07, 6.45) is 3.04. The van der Waals surface area contributed by atoms with Crippen molar-refractivity contribution in [1.29, 1.82) is 0 Å². The molecule has 1 aromatic carbocycles. The van der Waals surface area contributed by atoms with Crippen molar-refractivity contribution >= 4 is 15.9 Å². The summed E-state index contributed by atoms with van der Waals surface area (Å²) in [6, 6.07) is 6.28. The van der Waals surface area contributed by atoms with E-state index in [0.717, 1.165) is 25.0 Å². The quantitative estimate of drug-likeness (QED) is 0.813. The van der Waals surface area contributed by atoms with Crippen LogP contribution >= 0.6 is 0 Å². The third kappa shape index (κ3) is 4.79. The highest BCUT2D eigenvalue weighted by molar-refractivity contribution is 7.89. The topological polar surface area (TPSA) is 98.5 Å². The summed E-state index contributed by atoms with van der Waals surface area (Å²) >= 11 is 0. The van der Waals surface area contributed by atoms with E-state index in [1.807, 2.05) is 6.92 Å². The molecule has 0 aromatic heterocycles. The summed E-state index contributed by atoms with van der Waals surface area (Å²) < 4.78 is 27.9. The van der Waals surface area contributed by atoms with Gasteiger partial charge in [-0.25, -0.2) is 13.6 Å². The van der Waals surface area contributed by atoms with Gasteiger partial charge in [0.25, 0.3) is 0 Å². The highest BCUT2D eigenvalue weighted by Crippen LogP contribution is 2.15. The van der Waals surface area contributed by atoms with Gasteiger partial charge < -0.3 is 10.1 Å². The SMILES string of the molecule is C[C@H](NC(=O)CCc1ccc(S(N)(=O)=O)cc1)[C@H]1CCCO1. The number of nitrogens with two attached hydrogens (primary N) is 1. The second-order valence-electron chi connectivity index (χ2n) is 5.60. The maximum Gasteiger partial charge on any atom is 0.238 e. The fourth-order valence-corrected chi connectivity index (χ4v) is 3.04. The van der Waals surface area contributed by atoms with Gasteiger partial charge in [0.2, 0.25) is 15.9 Å². The van der Waals surface area contributed by atoms with E-state index < -0.39 is 10.0 Å². The molecule has 1 saturated heterocycles. The second kappa shape index (κ2) is 7.21. The number of ether oxygens (including phenoxy) is 1. The number of amides is 1. The Morgan fingerprint density at radius 2 is 2.09 bits per heavy atom. The van der Waals surface area contributed by atoms with Crippen LogP contribution in [-0.2, 0) is 26.0 Å². The smallest absolute Gasteiger partial charge is 0.238 e. The van der Waals surface area contributed by atoms with Crippen molar-refractivity contribution in [2.75, 3.05) is 6.61 Å². The highest BCUT2D eigenvalue weighted by atomic mass is 32.2. The third-order valence-electron chi connectivity index (χ3n) is 3.80. The molecule has 1 heterocycles. The number of carbonyl (C=O) groups excluding carboxylic acids is 1. The average molecular weight is 326 g/mol. The van der Waals surface area contributed by atoms with Gasteiger partial charge in [0, 0.05) is 13.0 Å². The molecule has 122 valence electrons. The largest absolute Gasteiger partial charge is 0.376 e. The summed E-state index contributed by atoms with van der Waals surface area (Å²) in [5.74, 6) is -0.0291. The molecule has 1 aromatic rings. The number of benzene rings is 1. The first kappa shape index (κ1) is 16.9. The van der Waals surface area contributed by atoms with Gasteiger partial charge in [-0.05, 0) is 43.9 Å². The molecule has 2 rings (SSSR count). The van der Waals surface area contributed by atoms with Gasteiger partial charge in [-0.3, -0.25) is 4.79 Å². The van der Waals surface area contributed by atoms with E-state index in [0.29, 0.717) is 12.8 Å². The third-order valence-corrected chi connectivity index (χ3v) is 4.73. The molecule has 7 heteroatoms. The Hall–Kier alpha value is -1.44. The van der Waals surface area contributed by atoms with E-state index in [1.165, 1.54) is 12.1 Å². The molecule has 1 fully saturated rings. The molecule has 0 bridgehead atoms. The zero-order valence-corrected chi connectivity index (χ0v) is 13.4. The molecule has 1 amide bonds. The monoisotopic (exact) mass is 326 g/mol. The van der Waals surface area contributed by atoms with Gasteiger partial charge in [-0.1, -0.05) is 12.1 Å². The number of carbonyl (C=O) groups is 1. The van der Waals surface area contributed by atoms with E-state index in [4.69, 9.17) is 9.88 Å². The van der Waals surface area contributed by atoms with Crippen LogP contribution in [0.25, 0.3) is 0 Å². The fourth-order valence-electron chi connectivity index (χ4n) is 2.52. The number of primary sulfonamides is 1. The molecule has 0 unspecified atom stereocenters. The zero-order valence-electron chi connectivity index (χ0n) is 12.6. The van der Waals surface area contributed by atoms with Crippen LogP contribution in [0, 0.1) is 0 Å². The predicted molar refractivity (Wildman–Crippen MR) is 82.7 cm³/mol. The lowest BCUT2D eigenvalue weighted by atomic mass is 10.1. The predicted octanol–water partition coefficient (Wildman–Crippen LogP) is 0.950. The zero-order chi connectivity index (χ0) is 16.2. The van der Waals surface area contributed by atoms with Crippen LogP contribution in [0.3, 0.4) is 0 Å². The Labute approximate surface area is 131 Å². The summed E-state index contributed by atoms with van der Waals surface area (Å²) in [4.78, 5) is 12.0. The van der Waals surface area contributed by atoms with Crippen LogP contribution < -0.4 is 10.5 Å². The molecule has 0 spiro atoms. The fraction of sp³-hybridized carbons (Fsp3) is 0.533. The Morgan fingerprint density at radius 3 is 2.64 bits per heavy atom. The van der Waals surface area contributed by atoms with Crippen molar-refractivity contribution in [1.82, 2.24) is 5.32 Å². The van der Waals surface area contributed by atoms with E-state index in [2.05, 4.69) is 5.32 Å². The van der Waals surface area contributed by atoms with Gasteiger partial charge >= 0.3 is 0 Å². The minimum Gasteiger partial charge on any atom is -0.376 e. The highest BCUT2D eigenvalue weighted by Gasteiger charge is 2.23. The molecular weight excluding hydrogens is 304 g/mol. The first-order chi connectivity index (χ1) is 10.4. The van der Waals surface area contributed by atoms with Gasteiger partial charge in [0.05, 0.1) is 17.0 Å². The van der Waals surface area contributed by atoms with Crippen LogP contribution in [0.5, 0.6) is 0 Å². The minimum atomic E-state index is -3.67. The molecule has 2 atom stereocenters. The van der Waals surface area contributed by atoms with E-state index in [-0.39, 0.29) is 22.9 Å². The van der Waals surface area contributed by atoms with Crippen molar-refractivity contribution in [2.45, 2.75) is 49.6 Å². The van der Waals surface area contributed by atoms with Crippen LogP contribution in [0.4, 0.5) is 0 Å². The van der Waals surface area contributed by atoms with E-state index in [9.17, 15) is 13.2 Å².